The molecule has 0 saturated heterocycles. The van der Waals surface area contributed by atoms with Crippen LogP contribution in [0.2, 0.25) is 0 Å². The van der Waals surface area contributed by atoms with E-state index in [-0.39, 0.29) is 23.5 Å². The van der Waals surface area contributed by atoms with Gasteiger partial charge in [0, 0.05) is 22.8 Å². The fourth-order valence-electron chi connectivity index (χ4n) is 6.73. The first kappa shape index (κ1) is 32.3. The predicted molar refractivity (Wildman–Crippen MR) is 186 cm³/mol. The van der Waals surface area contributed by atoms with Gasteiger partial charge >= 0.3 is 6.18 Å². The number of halogens is 4. The summed E-state index contributed by atoms with van der Waals surface area (Å²) in [6, 6.07) is 28.3. The van der Waals surface area contributed by atoms with Gasteiger partial charge in [0.15, 0.2) is 16.6 Å². The summed E-state index contributed by atoms with van der Waals surface area (Å²) in [6.07, 6.45) is -4.44. The van der Waals surface area contributed by atoms with Crippen molar-refractivity contribution in [3.8, 4) is 39.7 Å². The molecule has 4 nitrogen and oxygen atoms in total. The van der Waals surface area contributed by atoms with Crippen molar-refractivity contribution in [2.75, 3.05) is 0 Å². The van der Waals surface area contributed by atoms with Crippen LogP contribution in [0.25, 0.3) is 61.8 Å². The van der Waals surface area contributed by atoms with Gasteiger partial charge < -0.3 is 4.42 Å². The topological polar surface area (TPSA) is 34.8 Å². The van der Waals surface area contributed by atoms with Crippen molar-refractivity contribution in [3.05, 3.63) is 125 Å². The Balaban J connectivity index is 1.49. The third-order valence-electron chi connectivity index (χ3n) is 9.25. The van der Waals surface area contributed by atoms with Crippen molar-refractivity contribution in [2.45, 2.75) is 52.6 Å². The Bertz CT molecular complexity index is 2320. The van der Waals surface area contributed by atoms with Gasteiger partial charge in [-0.05, 0) is 96.1 Å². The Morgan fingerprint density at radius 3 is 2.02 bits per heavy atom. The lowest BCUT2D eigenvalue weighted by molar-refractivity contribution is -0.633. The zero-order chi connectivity index (χ0) is 34.8. The lowest BCUT2D eigenvalue weighted by Crippen LogP contribution is -2.30. The van der Waals surface area contributed by atoms with E-state index >= 15 is 4.39 Å². The number of imidazole rings is 1. The average molecular weight is 663 g/mol. The minimum Gasteiger partial charge on any atom is -0.436 e. The van der Waals surface area contributed by atoms with Gasteiger partial charge in [-0.3, -0.25) is 0 Å². The third kappa shape index (κ3) is 5.69. The Kier molecular flexibility index (Phi) is 7.93. The van der Waals surface area contributed by atoms with Crippen molar-refractivity contribution in [2.24, 2.45) is 7.05 Å². The standard InChI is InChI=1S/C41H36F4N3O/c1-23(2)31-19-28(26-10-8-7-9-11-26)20-32(24(3)4)38(31)48-36-21-30(42)16-17-35(36)47(6)40(48)33-22-37-34(18-25(33)5)46-39(49-37)27-12-14-29(15-13-27)41(43,44)45/h7-24H,1-6H3/q+1. The predicted octanol–water partition coefficient (Wildman–Crippen LogP) is 11.3. The first-order valence-electron chi connectivity index (χ1n) is 16.3. The molecule has 2 aromatic heterocycles. The number of oxazole rings is 1. The summed E-state index contributed by atoms with van der Waals surface area (Å²) in [6.45, 7) is 10.7. The van der Waals surface area contributed by atoms with Crippen molar-refractivity contribution in [3.63, 3.8) is 0 Å². The molecule has 5 aromatic carbocycles. The van der Waals surface area contributed by atoms with Crippen molar-refractivity contribution in [1.82, 2.24) is 9.55 Å². The van der Waals surface area contributed by atoms with E-state index in [9.17, 15) is 13.2 Å². The molecule has 0 N–H and O–H groups in total. The van der Waals surface area contributed by atoms with E-state index in [4.69, 9.17) is 4.42 Å². The van der Waals surface area contributed by atoms with Crippen LogP contribution in [0.4, 0.5) is 17.6 Å². The summed E-state index contributed by atoms with van der Waals surface area (Å²) in [5, 5.41) is 0. The molecule has 0 unspecified atom stereocenters. The number of aromatic nitrogens is 3. The molecule has 0 aliphatic heterocycles. The van der Waals surface area contributed by atoms with Gasteiger partial charge in [0.1, 0.15) is 17.0 Å². The minimum absolute atomic E-state index is 0.143. The second-order valence-electron chi connectivity index (χ2n) is 13.3. The Morgan fingerprint density at radius 2 is 1.41 bits per heavy atom. The van der Waals surface area contributed by atoms with Crippen LogP contribution in [0, 0.1) is 12.7 Å². The lowest BCUT2D eigenvalue weighted by atomic mass is 9.88. The van der Waals surface area contributed by atoms with Crippen molar-refractivity contribution >= 4 is 22.1 Å². The molecule has 0 fully saturated rings. The van der Waals surface area contributed by atoms with Crippen LogP contribution < -0.4 is 4.57 Å². The number of hydrogen-bond acceptors (Lipinski definition) is 2. The highest BCUT2D eigenvalue weighted by Gasteiger charge is 2.33. The van der Waals surface area contributed by atoms with Gasteiger partial charge in [0.05, 0.1) is 18.2 Å². The highest BCUT2D eigenvalue weighted by molar-refractivity contribution is 5.87. The van der Waals surface area contributed by atoms with E-state index < -0.39 is 11.7 Å². The first-order chi connectivity index (χ1) is 23.3. The van der Waals surface area contributed by atoms with Gasteiger partial charge in [-0.2, -0.15) is 17.7 Å². The molecule has 0 aliphatic carbocycles. The summed E-state index contributed by atoms with van der Waals surface area (Å²) in [5.74, 6) is 1.02. The molecule has 0 amide bonds. The van der Waals surface area contributed by atoms with E-state index in [1.165, 1.54) is 18.2 Å². The molecule has 0 spiro atoms. The second kappa shape index (κ2) is 12.0. The molecule has 0 saturated carbocycles. The molecule has 0 aliphatic rings. The lowest BCUT2D eigenvalue weighted by Gasteiger charge is -2.21. The van der Waals surface area contributed by atoms with Gasteiger partial charge in [-0.25, -0.2) is 13.9 Å². The Labute approximate surface area is 282 Å². The number of hydrogen-bond donors (Lipinski definition) is 0. The van der Waals surface area contributed by atoms with Gasteiger partial charge in [0.25, 0.3) is 5.82 Å². The van der Waals surface area contributed by atoms with Crippen LogP contribution in [0.5, 0.6) is 0 Å². The van der Waals surface area contributed by atoms with Gasteiger partial charge in [-0.15, -0.1) is 0 Å². The number of nitrogens with zero attached hydrogens (tertiary/aromatic N) is 3. The zero-order valence-electron chi connectivity index (χ0n) is 28.2. The van der Waals surface area contributed by atoms with E-state index in [1.54, 1.807) is 12.1 Å². The quantitative estimate of drug-likeness (QED) is 0.131. The smallest absolute Gasteiger partial charge is 0.416 e. The zero-order valence-corrected chi connectivity index (χ0v) is 28.2. The maximum absolute atomic E-state index is 15.1. The average Bonchev–Trinajstić information content (AvgIpc) is 3.61. The Hall–Kier alpha value is -5.24. The Morgan fingerprint density at radius 1 is 0.755 bits per heavy atom. The normalized spacial score (nSPS) is 12.2. The summed E-state index contributed by atoms with van der Waals surface area (Å²) in [4.78, 5) is 4.63. The second-order valence-corrected chi connectivity index (χ2v) is 13.3. The summed E-state index contributed by atoms with van der Waals surface area (Å²) in [5.41, 5.74) is 9.69. The van der Waals surface area contributed by atoms with Crippen LogP contribution in [0.3, 0.4) is 0 Å². The van der Waals surface area contributed by atoms with Gasteiger partial charge in [0.2, 0.25) is 5.89 Å². The number of fused-ring (bicyclic) bond motifs is 2. The number of rotatable bonds is 6. The highest BCUT2D eigenvalue weighted by Crippen LogP contribution is 2.41. The largest absolute Gasteiger partial charge is 0.436 e. The van der Waals surface area contributed by atoms with Crippen LogP contribution in [-0.2, 0) is 13.2 Å². The molecule has 2 heterocycles. The molecule has 248 valence electrons. The molecule has 49 heavy (non-hydrogen) atoms. The number of aryl methyl sites for hydroxylation is 2. The molecule has 8 heteroatoms. The van der Waals surface area contributed by atoms with E-state index in [2.05, 4.69) is 66.1 Å². The molecule has 0 radical (unpaired) electrons. The third-order valence-corrected chi connectivity index (χ3v) is 9.25. The molecular formula is C41H36F4N3O+. The SMILES string of the molecule is Cc1cc2nc(-c3ccc(C(F)(F)F)cc3)oc2cc1-c1n(-c2c(C(C)C)cc(-c3ccccc3)cc2C(C)C)c2cc(F)ccc2[n+]1C. The molecular weight excluding hydrogens is 626 g/mol. The summed E-state index contributed by atoms with van der Waals surface area (Å²) in [7, 11) is 1.98. The van der Waals surface area contributed by atoms with E-state index in [1.807, 2.05) is 44.3 Å². The maximum atomic E-state index is 15.1. The summed E-state index contributed by atoms with van der Waals surface area (Å²) >= 11 is 0. The fourth-order valence-corrected chi connectivity index (χ4v) is 6.73. The number of benzene rings is 5. The van der Waals surface area contributed by atoms with E-state index in [0.29, 0.717) is 16.7 Å². The monoisotopic (exact) mass is 662 g/mol. The molecule has 0 bridgehead atoms. The van der Waals surface area contributed by atoms with Crippen LogP contribution in [-0.4, -0.2) is 9.55 Å². The van der Waals surface area contributed by atoms with Gasteiger partial charge in [-0.1, -0.05) is 58.0 Å². The molecule has 0 atom stereocenters. The van der Waals surface area contributed by atoms with Crippen molar-refractivity contribution < 1.29 is 26.5 Å². The fraction of sp³-hybridized carbons (Fsp3) is 0.220. The molecule has 7 rings (SSSR count). The van der Waals surface area contributed by atoms with Crippen LogP contribution >= 0.6 is 0 Å². The van der Waals surface area contributed by atoms with E-state index in [0.717, 1.165) is 68.1 Å². The first-order valence-corrected chi connectivity index (χ1v) is 16.3. The van der Waals surface area contributed by atoms with Crippen LogP contribution in [0.1, 0.15) is 61.8 Å². The van der Waals surface area contributed by atoms with Crippen LogP contribution in [0.15, 0.2) is 101 Å². The minimum atomic E-state index is -4.44. The maximum Gasteiger partial charge on any atom is 0.416 e. The summed E-state index contributed by atoms with van der Waals surface area (Å²) < 4.78 is 65.2. The molecule has 7 aromatic rings. The van der Waals surface area contributed by atoms with Crippen molar-refractivity contribution in [1.29, 1.82) is 0 Å². The highest BCUT2D eigenvalue weighted by atomic mass is 19.4. The number of alkyl halides is 3.